The third-order valence-corrected chi connectivity index (χ3v) is 3.06. The quantitative estimate of drug-likeness (QED) is 0.694. The molecule has 3 heteroatoms. The zero-order valence-corrected chi connectivity index (χ0v) is 12.2. The Morgan fingerprint density at radius 3 is 2.58 bits per heavy atom. The molecular weight excluding hydrogens is 236 g/mol. The fraction of sp³-hybridized carbons (Fsp3) is 0.562. The average molecular weight is 262 g/mol. The van der Waals surface area contributed by atoms with E-state index in [0.717, 1.165) is 19.5 Å². The molecule has 1 rings (SSSR count). The smallest absolute Gasteiger partial charge is 0.234 e. The molecule has 0 spiro atoms. The molecule has 0 saturated carbocycles. The molecule has 0 unspecified atom stereocenters. The van der Waals surface area contributed by atoms with Crippen LogP contribution in [0.5, 0.6) is 0 Å². The zero-order valence-electron chi connectivity index (χ0n) is 12.2. The molecule has 0 aromatic heterocycles. The van der Waals surface area contributed by atoms with Crippen molar-refractivity contribution in [2.45, 2.75) is 39.2 Å². The maximum Gasteiger partial charge on any atom is 0.234 e. The van der Waals surface area contributed by atoms with Crippen LogP contribution < -0.4 is 5.32 Å². The predicted molar refractivity (Wildman–Crippen MR) is 79.9 cm³/mol. The first-order chi connectivity index (χ1) is 9.22. The molecule has 0 saturated heterocycles. The average Bonchev–Trinajstić information content (AvgIpc) is 2.39. The van der Waals surface area contributed by atoms with E-state index < -0.39 is 0 Å². The van der Waals surface area contributed by atoms with Crippen molar-refractivity contribution in [2.24, 2.45) is 0 Å². The summed E-state index contributed by atoms with van der Waals surface area (Å²) < 4.78 is 0. The molecule has 106 valence electrons. The van der Waals surface area contributed by atoms with Crippen molar-refractivity contribution in [1.82, 2.24) is 10.2 Å². The lowest BCUT2D eigenvalue weighted by Gasteiger charge is -2.16. The summed E-state index contributed by atoms with van der Waals surface area (Å²) in [6.07, 6.45) is 4.77. The summed E-state index contributed by atoms with van der Waals surface area (Å²) in [7, 11) is 1.98. The zero-order chi connectivity index (χ0) is 13.9. The summed E-state index contributed by atoms with van der Waals surface area (Å²) >= 11 is 0. The third-order valence-electron chi connectivity index (χ3n) is 3.06. The minimum atomic E-state index is 0.120. The van der Waals surface area contributed by atoms with Gasteiger partial charge in [-0.15, -0.1) is 0 Å². The normalized spacial score (nSPS) is 10.7. The van der Waals surface area contributed by atoms with E-state index in [1.165, 1.54) is 24.8 Å². The van der Waals surface area contributed by atoms with Crippen LogP contribution in [0.1, 0.15) is 38.2 Å². The number of hydrogen-bond donors (Lipinski definition) is 1. The first-order valence-electron chi connectivity index (χ1n) is 7.21. The number of nitrogens with one attached hydrogen (secondary N) is 1. The number of unbranched alkanes of at least 4 members (excludes halogenated alkanes) is 3. The van der Waals surface area contributed by atoms with Gasteiger partial charge in [-0.05, 0) is 19.0 Å². The summed E-state index contributed by atoms with van der Waals surface area (Å²) in [5, 5.41) is 2.98. The molecule has 19 heavy (non-hydrogen) atoms. The van der Waals surface area contributed by atoms with Gasteiger partial charge in [-0.1, -0.05) is 56.5 Å². The maximum atomic E-state index is 11.7. The topological polar surface area (TPSA) is 32.3 Å². The molecule has 0 aliphatic heterocycles. The van der Waals surface area contributed by atoms with Gasteiger partial charge in [0.1, 0.15) is 0 Å². The summed E-state index contributed by atoms with van der Waals surface area (Å²) in [5.41, 5.74) is 1.24. The van der Waals surface area contributed by atoms with Gasteiger partial charge in [0.15, 0.2) is 0 Å². The van der Waals surface area contributed by atoms with Gasteiger partial charge in [0, 0.05) is 13.1 Å². The van der Waals surface area contributed by atoms with Crippen molar-refractivity contribution in [2.75, 3.05) is 20.1 Å². The van der Waals surface area contributed by atoms with Crippen molar-refractivity contribution in [3.63, 3.8) is 0 Å². The van der Waals surface area contributed by atoms with Crippen LogP contribution in [0.15, 0.2) is 30.3 Å². The van der Waals surface area contributed by atoms with Crippen LogP contribution in [0.25, 0.3) is 0 Å². The Hall–Kier alpha value is -1.35. The second-order valence-corrected chi connectivity index (χ2v) is 5.07. The Balaban J connectivity index is 2.14. The second kappa shape index (κ2) is 9.56. The van der Waals surface area contributed by atoms with Crippen molar-refractivity contribution >= 4 is 5.91 Å². The molecule has 0 heterocycles. The molecule has 0 aliphatic carbocycles. The van der Waals surface area contributed by atoms with Gasteiger partial charge in [-0.25, -0.2) is 0 Å². The SMILES string of the molecule is CCCCCCNC(=O)CN(C)Cc1ccccc1. The van der Waals surface area contributed by atoms with Crippen LogP contribution >= 0.6 is 0 Å². The van der Waals surface area contributed by atoms with Gasteiger partial charge in [-0.3, -0.25) is 9.69 Å². The molecule has 0 radical (unpaired) electrons. The van der Waals surface area contributed by atoms with Crippen LogP contribution in [0.4, 0.5) is 0 Å². The molecule has 0 atom stereocenters. The van der Waals surface area contributed by atoms with E-state index in [4.69, 9.17) is 0 Å². The molecule has 0 fully saturated rings. The number of hydrogen-bond acceptors (Lipinski definition) is 2. The Kier molecular flexibility index (Phi) is 7.91. The highest BCUT2D eigenvalue weighted by Gasteiger charge is 2.06. The highest BCUT2D eigenvalue weighted by atomic mass is 16.2. The van der Waals surface area contributed by atoms with E-state index in [1.54, 1.807) is 0 Å². The van der Waals surface area contributed by atoms with E-state index >= 15 is 0 Å². The lowest BCUT2D eigenvalue weighted by molar-refractivity contribution is -0.122. The summed E-state index contributed by atoms with van der Waals surface area (Å²) in [5.74, 6) is 0.120. The Bertz CT molecular complexity index is 351. The summed E-state index contributed by atoms with van der Waals surface area (Å²) in [4.78, 5) is 13.8. The highest BCUT2D eigenvalue weighted by Crippen LogP contribution is 2.02. The van der Waals surface area contributed by atoms with Gasteiger partial charge in [-0.2, -0.15) is 0 Å². The predicted octanol–water partition coefficient (Wildman–Crippen LogP) is 2.81. The van der Waals surface area contributed by atoms with Gasteiger partial charge in [0.2, 0.25) is 5.91 Å². The van der Waals surface area contributed by atoms with Gasteiger partial charge in [0.25, 0.3) is 0 Å². The fourth-order valence-corrected chi connectivity index (χ4v) is 2.03. The number of nitrogens with zero attached hydrogens (tertiary/aromatic N) is 1. The van der Waals surface area contributed by atoms with Crippen molar-refractivity contribution in [3.8, 4) is 0 Å². The lowest BCUT2D eigenvalue weighted by atomic mass is 10.2. The lowest BCUT2D eigenvalue weighted by Crippen LogP contribution is -2.35. The monoisotopic (exact) mass is 262 g/mol. The van der Waals surface area contributed by atoms with Crippen LogP contribution in [0.2, 0.25) is 0 Å². The Morgan fingerprint density at radius 1 is 1.16 bits per heavy atom. The third kappa shape index (κ3) is 7.62. The van der Waals surface area contributed by atoms with E-state index in [9.17, 15) is 4.79 Å². The largest absolute Gasteiger partial charge is 0.355 e. The van der Waals surface area contributed by atoms with E-state index in [2.05, 4.69) is 24.4 Å². The summed E-state index contributed by atoms with van der Waals surface area (Å²) in [6, 6.07) is 10.2. The number of benzene rings is 1. The molecule has 1 amide bonds. The molecular formula is C16H26N2O. The first-order valence-corrected chi connectivity index (χ1v) is 7.21. The van der Waals surface area contributed by atoms with Crippen molar-refractivity contribution in [3.05, 3.63) is 35.9 Å². The summed E-state index contributed by atoms with van der Waals surface area (Å²) in [6.45, 7) is 4.27. The van der Waals surface area contributed by atoms with Crippen molar-refractivity contribution < 1.29 is 4.79 Å². The standard InChI is InChI=1S/C16H26N2O/c1-3-4-5-9-12-17-16(19)14-18(2)13-15-10-7-6-8-11-15/h6-8,10-11H,3-5,9,12-14H2,1-2H3,(H,17,19). The maximum absolute atomic E-state index is 11.7. The van der Waals surface area contributed by atoms with Crippen molar-refractivity contribution in [1.29, 1.82) is 0 Å². The molecule has 1 aromatic carbocycles. The van der Waals surface area contributed by atoms with E-state index in [0.29, 0.717) is 6.54 Å². The number of amides is 1. The second-order valence-electron chi connectivity index (χ2n) is 5.07. The number of rotatable bonds is 9. The van der Waals surface area contributed by atoms with Crippen LogP contribution in [0, 0.1) is 0 Å². The molecule has 3 nitrogen and oxygen atoms in total. The van der Waals surface area contributed by atoms with Gasteiger partial charge in [0.05, 0.1) is 6.54 Å². The van der Waals surface area contributed by atoms with Crippen LogP contribution in [-0.4, -0.2) is 30.9 Å². The first kappa shape index (κ1) is 15.7. The minimum Gasteiger partial charge on any atom is -0.355 e. The fourth-order valence-electron chi connectivity index (χ4n) is 2.03. The molecule has 1 N–H and O–H groups in total. The highest BCUT2D eigenvalue weighted by molar-refractivity contribution is 5.77. The molecule has 0 aliphatic rings. The van der Waals surface area contributed by atoms with E-state index in [-0.39, 0.29) is 5.91 Å². The van der Waals surface area contributed by atoms with Gasteiger partial charge < -0.3 is 5.32 Å². The number of carbonyl (C=O) groups excluding carboxylic acids is 1. The molecule has 1 aromatic rings. The Morgan fingerprint density at radius 2 is 1.89 bits per heavy atom. The Labute approximate surface area is 117 Å². The molecule has 0 bridgehead atoms. The van der Waals surface area contributed by atoms with Gasteiger partial charge >= 0.3 is 0 Å². The number of likely N-dealkylation sites (N-methyl/N-ethyl adjacent to an activating group) is 1. The minimum absolute atomic E-state index is 0.120. The van der Waals surface area contributed by atoms with E-state index in [1.807, 2.05) is 30.1 Å². The number of carbonyl (C=O) groups is 1. The van der Waals surface area contributed by atoms with Crippen LogP contribution in [0.3, 0.4) is 0 Å². The van der Waals surface area contributed by atoms with Crippen LogP contribution in [-0.2, 0) is 11.3 Å².